The first kappa shape index (κ1) is 11.3. The fourth-order valence-electron chi connectivity index (χ4n) is 1.14. The van der Waals surface area contributed by atoms with Gasteiger partial charge in [0.2, 0.25) is 0 Å². The molecule has 0 aromatic carbocycles. The number of nitrogens with zero attached hydrogens (tertiary/aromatic N) is 2. The van der Waals surface area contributed by atoms with Gasteiger partial charge < -0.3 is 0 Å². The Bertz CT molecular complexity index is 446. The van der Waals surface area contributed by atoms with Crippen molar-refractivity contribution in [2.75, 3.05) is 0 Å². The Morgan fingerprint density at radius 2 is 2.06 bits per heavy atom. The maximum absolute atomic E-state index is 12.3. The van der Waals surface area contributed by atoms with E-state index in [0.29, 0.717) is 10.1 Å². The predicted molar refractivity (Wildman–Crippen MR) is 52.8 cm³/mol. The van der Waals surface area contributed by atoms with Crippen LogP contribution in [0.25, 0.3) is 0 Å². The van der Waals surface area contributed by atoms with Crippen LogP contribution in [0, 0.1) is 11.3 Å². The monoisotopic (exact) mass is 244 g/mol. The number of aromatic nitrogens is 1. The maximum atomic E-state index is 12.3. The molecule has 0 amide bonds. The maximum Gasteiger partial charge on any atom is 0.433 e. The minimum absolute atomic E-state index is 0.133. The van der Waals surface area contributed by atoms with E-state index < -0.39 is 11.9 Å². The molecule has 1 fully saturated rings. The summed E-state index contributed by atoms with van der Waals surface area (Å²) in [5, 5.41) is 9.18. The largest absolute Gasteiger partial charge is 0.433 e. The third-order valence-electron chi connectivity index (χ3n) is 2.07. The lowest BCUT2D eigenvalue weighted by Gasteiger charge is -2.07. The molecule has 0 bridgehead atoms. The van der Waals surface area contributed by atoms with Crippen molar-refractivity contribution in [1.29, 1.82) is 5.26 Å². The molecule has 16 heavy (non-hydrogen) atoms. The van der Waals surface area contributed by atoms with Gasteiger partial charge in [-0.2, -0.15) is 18.4 Å². The first-order valence-corrected chi connectivity index (χ1v) is 5.53. The molecule has 6 heteroatoms. The highest BCUT2D eigenvalue weighted by molar-refractivity contribution is 8.00. The summed E-state index contributed by atoms with van der Waals surface area (Å²) in [5.74, 6) is 0. The zero-order valence-corrected chi connectivity index (χ0v) is 8.90. The van der Waals surface area contributed by atoms with E-state index in [1.165, 1.54) is 17.8 Å². The summed E-state index contributed by atoms with van der Waals surface area (Å²) >= 11 is 1.43. The zero-order chi connectivity index (χ0) is 11.8. The average molecular weight is 244 g/mol. The highest BCUT2D eigenvalue weighted by Crippen LogP contribution is 2.40. The molecule has 0 unspecified atom stereocenters. The number of hydrogen-bond acceptors (Lipinski definition) is 3. The molecule has 1 heterocycles. The van der Waals surface area contributed by atoms with Gasteiger partial charge in [-0.05, 0) is 25.0 Å². The van der Waals surface area contributed by atoms with Crippen molar-refractivity contribution in [2.45, 2.75) is 29.2 Å². The van der Waals surface area contributed by atoms with Crippen molar-refractivity contribution in [3.63, 3.8) is 0 Å². The van der Waals surface area contributed by atoms with Gasteiger partial charge in [0.1, 0.15) is 11.8 Å². The molecule has 1 aromatic rings. The molecule has 0 radical (unpaired) electrons. The summed E-state index contributed by atoms with van der Waals surface area (Å²) in [6.07, 6.45) is -2.39. The molecule has 1 saturated carbocycles. The quantitative estimate of drug-likeness (QED) is 0.801. The molecular formula is C10H7F3N2S. The summed E-state index contributed by atoms with van der Waals surface area (Å²) in [6, 6.07) is 3.96. The van der Waals surface area contributed by atoms with Crippen molar-refractivity contribution in [3.05, 3.63) is 23.5 Å². The van der Waals surface area contributed by atoms with E-state index in [4.69, 9.17) is 5.26 Å². The van der Waals surface area contributed by atoms with E-state index in [0.717, 1.165) is 18.9 Å². The highest BCUT2D eigenvalue weighted by atomic mass is 32.2. The highest BCUT2D eigenvalue weighted by Gasteiger charge is 2.33. The molecule has 1 aromatic heterocycles. The average Bonchev–Trinajstić information content (AvgIpc) is 3.00. The van der Waals surface area contributed by atoms with Crippen LogP contribution in [-0.2, 0) is 6.18 Å². The molecular weight excluding hydrogens is 237 g/mol. The lowest BCUT2D eigenvalue weighted by molar-refractivity contribution is -0.141. The van der Waals surface area contributed by atoms with Gasteiger partial charge in [0, 0.05) is 10.1 Å². The van der Waals surface area contributed by atoms with Crippen LogP contribution >= 0.6 is 11.8 Å². The van der Waals surface area contributed by atoms with Crippen LogP contribution in [0.3, 0.4) is 0 Å². The molecule has 0 aliphatic heterocycles. The van der Waals surface area contributed by atoms with Gasteiger partial charge in [-0.25, -0.2) is 4.98 Å². The fourth-order valence-corrected chi connectivity index (χ4v) is 2.23. The molecule has 0 spiro atoms. The van der Waals surface area contributed by atoms with E-state index in [2.05, 4.69) is 4.98 Å². The number of pyridine rings is 1. The van der Waals surface area contributed by atoms with Gasteiger partial charge in [0.15, 0.2) is 5.69 Å². The van der Waals surface area contributed by atoms with E-state index in [9.17, 15) is 13.2 Å². The summed E-state index contributed by atoms with van der Waals surface area (Å²) in [7, 11) is 0. The molecule has 84 valence electrons. The van der Waals surface area contributed by atoms with E-state index in [1.807, 2.05) is 0 Å². The molecule has 1 aliphatic carbocycles. The number of halogens is 3. The van der Waals surface area contributed by atoms with E-state index >= 15 is 0 Å². The van der Waals surface area contributed by atoms with Crippen LogP contribution in [0.4, 0.5) is 13.2 Å². The van der Waals surface area contributed by atoms with Gasteiger partial charge >= 0.3 is 6.18 Å². The third-order valence-corrected chi connectivity index (χ3v) is 3.46. The zero-order valence-electron chi connectivity index (χ0n) is 8.08. The molecule has 0 N–H and O–H groups in total. The standard InChI is InChI=1S/C10H7F3N2S/c11-10(12,13)9-4-3-8(7(5-14)15-9)16-6-1-2-6/h3-4,6H,1-2H2. The van der Waals surface area contributed by atoms with Gasteiger partial charge in [0.25, 0.3) is 0 Å². The van der Waals surface area contributed by atoms with Crippen LogP contribution in [-0.4, -0.2) is 10.2 Å². The smallest absolute Gasteiger partial charge is 0.231 e. The fraction of sp³-hybridized carbons (Fsp3) is 0.400. The molecule has 0 atom stereocenters. The Labute approximate surface area is 94.5 Å². The number of thioether (sulfide) groups is 1. The van der Waals surface area contributed by atoms with Crippen LogP contribution in [0.1, 0.15) is 24.2 Å². The number of alkyl halides is 3. The number of nitriles is 1. The van der Waals surface area contributed by atoms with Gasteiger partial charge in [0.05, 0.1) is 0 Å². The topological polar surface area (TPSA) is 36.7 Å². The number of hydrogen-bond donors (Lipinski definition) is 0. The van der Waals surface area contributed by atoms with E-state index in [1.54, 1.807) is 6.07 Å². The van der Waals surface area contributed by atoms with Gasteiger partial charge in [-0.15, -0.1) is 11.8 Å². The normalized spacial score (nSPS) is 15.9. The SMILES string of the molecule is N#Cc1nc(C(F)(F)F)ccc1SC1CC1. The lowest BCUT2D eigenvalue weighted by Crippen LogP contribution is -2.09. The van der Waals surface area contributed by atoms with Crippen molar-refractivity contribution < 1.29 is 13.2 Å². The Balaban J connectivity index is 2.31. The van der Waals surface area contributed by atoms with Crippen LogP contribution in [0.15, 0.2) is 17.0 Å². The second kappa shape index (κ2) is 3.98. The van der Waals surface area contributed by atoms with Crippen LogP contribution in [0.5, 0.6) is 0 Å². The van der Waals surface area contributed by atoms with E-state index in [-0.39, 0.29) is 5.69 Å². The Hall–Kier alpha value is -1.22. The molecule has 0 saturated heterocycles. The Morgan fingerprint density at radius 1 is 1.38 bits per heavy atom. The van der Waals surface area contributed by atoms with Crippen molar-refractivity contribution in [2.24, 2.45) is 0 Å². The van der Waals surface area contributed by atoms with Gasteiger partial charge in [-0.3, -0.25) is 0 Å². The minimum Gasteiger partial charge on any atom is -0.231 e. The third kappa shape index (κ3) is 2.47. The second-order valence-electron chi connectivity index (χ2n) is 3.47. The second-order valence-corrected chi connectivity index (χ2v) is 4.81. The Morgan fingerprint density at radius 3 is 2.56 bits per heavy atom. The van der Waals surface area contributed by atoms with Crippen molar-refractivity contribution in [1.82, 2.24) is 4.98 Å². The predicted octanol–water partition coefficient (Wildman–Crippen LogP) is 3.23. The van der Waals surface area contributed by atoms with Crippen LogP contribution in [0.2, 0.25) is 0 Å². The molecule has 1 aliphatic rings. The van der Waals surface area contributed by atoms with Crippen LogP contribution < -0.4 is 0 Å². The first-order valence-electron chi connectivity index (χ1n) is 4.65. The first-order chi connectivity index (χ1) is 7.50. The molecule has 2 rings (SSSR count). The lowest BCUT2D eigenvalue weighted by atomic mass is 10.3. The van der Waals surface area contributed by atoms with Crippen molar-refractivity contribution >= 4 is 11.8 Å². The summed E-state index contributed by atoms with van der Waals surface area (Å²) in [4.78, 5) is 3.88. The summed E-state index contributed by atoms with van der Waals surface area (Å²) in [6.45, 7) is 0. The summed E-state index contributed by atoms with van der Waals surface area (Å²) < 4.78 is 37.0. The molecule has 2 nitrogen and oxygen atoms in total. The minimum atomic E-state index is -4.49. The van der Waals surface area contributed by atoms with Crippen molar-refractivity contribution in [3.8, 4) is 6.07 Å². The summed E-state index contributed by atoms with van der Waals surface area (Å²) in [5.41, 5.74) is -1.14. The number of rotatable bonds is 2. The van der Waals surface area contributed by atoms with Gasteiger partial charge in [-0.1, -0.05) is 0 Å². The Kier molecular flexibility index (Phi) is 2.80.